The largest absolute Gasteiger partial charge is 0.349 e. The van der Waals surface area contributed by atoms with Crippen molar-refractivity contribution in [3.63, 3.8) is 0 Å². The maximum Gasteiger partial charge on any atom is 0.169 e. The van der Waals surface area contributed by atoms with Crippen LogP contribution in [0.5, 0.6) is 0 Å². The fraction of sp³-hybridized carbons (Fsp3) is 0.600. The first-order chi connectivity index (χ1) is 7.91. The Kier molecular flexibility index (Phi) is 3.28. The van der Waals surface area contributed by atoms with E-state index in [4.69, 9.17) is 9.47 Å². The van der Waals surface area contributed by atoms with Crippen molar-refractivity contribution in [2.75, 3.05) is 6.61 Å². The van der Waals surface area contributed by atoms with E-state index in [1.165, 1.54) is 5.56 Å². The van der Waals surface area contributed by atoms with Crippen LogP contribution < -0.4 is 0 Å². The second-order valence-electron chi connectivity index (χ2n) is 5.83. The van der Waals surface area contributed by atoms with Crippen LogP contribution in [0, 0.1) is 5.41 Å². The molecule has 0 aromatic heterocycles. The molecule has 1 fully saturated rings. The zero-order valence-corrected chi connectivity index (χ0v) is 11.2. The Morgan fingerprint density at radius 2 is 1.82 bits per heavy atom. The Morgan fingerprint density at radius 3 is 2.41 bits per heavy atom. The lowest BCUT2D eigenvalue weighted by Gasteiger charge is -2.46. The molecule has 1 aromatic rings. The minimum absolute atomic E-state index is 0.0935. The van der Waals surface area contributed by atoms with Gasteiger partial charge in [-0.3, -0.25) is 0 Å². The molecule has 94 valence electrons. The summed E-state index contributed by atoms with van der Waals surface area (Å²) in [7, 11) is 0. The average Bonchev–Trinajstić information content (AvgIpc) is 2.26. The minimum atomic E-state index is -0.490. The highest BCUT2D eigenvalue weighted by Gasteiger charge is 2.41. The van der Waals surface area contributed by atoms with Gasteiger partial charge in [-0.05, 0) is 19.4 Å². The SMILES string of the molecule is C[C@@H]1O[C@](C)(Cc2ccccc2)OCC1(C)C. The van der Waals surface area contributed by atoms with Gasteiger partial charge in [0.25, 0.3) is 0 Å². The zero-order chi connectivity index (χ0) is 12.5. The van der Waals surface area contributed by atoms with Gasteiger partial charge in [0.2, 0.25) is 0 Å². The van der Waals surface area contributed by atoms with Crippen LogP contribution in [-0.2, 0) is 15.9 Å². The summed E-state index contributed by atoms with van der Waals surface area (Å²) in [6, 6.07) is 10.4. The molecule has 0 radical (unpaired) electrons. The Morgan fingerprint density at radius 1 is 1.18 bits per heavy atom. The maximum atomic E-state index is 6.07. The molecule has 1 saturated heterocycles. The van der Waals surface area contributed by atoms with Gasteiger partial charge in [-0.25, -0.2) is 0 Å². The summed E-state index contributed by atoms with van der Waals surface area (Å²) in [5.41, 5.74) is 1.35. The molecular weight excluding hydrogens is 212 g/mol. The van der Waals surface area contributed by atoms with Gasteiger partial charge in [-0.15, -0.1) is 0 Å². The summed E-state index contributed by atoms with van der Waals surface area (Å²) in [5, 5.41) is 0. The van der Waals surface area contributed by atoms with Crippen LogP contribution in [0.2, 0.25) is 0 Å². The number of rotatable bonds is 2. The van der Waals surface area contributed by atoms with Crippen LogP contribution in [0.25, 0.3) is 0 Å². The molecule has 17 heavy (non-hydrogen) atoms. The van der Waals surface area contributed by atoms with Gasteiger partial charge in [0.1, 0.15) is 0 Å². The minimum Gasteiger partial charge on any atom is -0.349 e. The molecule has 1 heterocycles. The van der Waals surface area contributed by atoms with Crippen molar-refractivity contribution in [3.8, 4) is 0 Å². The Bertz CT molecular complexity index is 372. The highest BCUT2D eigenvalue weighted by atomic mass is 16.7. The number of ether oxygens (including phenoxy) is 2. The quantitative estimate of drug-likeness (QED) is 0.780. The fourth-order valence-electron chi connectivity index (χ4n) is 2.08. The zero-order valence-electron chi connectivity index (χ0n) is 11.2. The van der Waals surface area contributed by atoms with Crippen molar-refractivity contribution < 1.29 is 9.47 Å². The standard InChI is InChI=1S/C15H22O2/c1-12-14(2,3)11-16-15(4,17-12)10-13-8-6-5-7-9-13/h5-9,12H,10-11H2,1-4H3/t12-,15+/m0/s1. The van der Waals surface area contributed by atoms with E-state index in [1.807, 2.05) is 13.0 Å². The number of benzene rings is 1. The van der Waals surface area contributed by atoms with E-state index in [1.54, 1.807) is 0 Å². The molecule has 0 spiro atoms. The first-order valence-electron chi connectivity index (χ1n) is 6.27. The molecule has 0 amide bonds. The van der Waals surface area contributed by atoms with Gasteiger partial charge in [-0.1, -0.05) is 44.2 Å². The summed E-state index contributed by atoms with van der Waals surface area (Å²) in [6.07, 6.45) is 1.01. The van der Waals surface area contributed by atoms with Crippen molar-refractivity contribution >= 4 is 0 Å². The average molecular weight is 234 g/mol. The predicted molar refractivity (Wildman–Crippen MR) is 68.8 cm³/mol. The summed E-state index contributed by atoms with van der Waals surface area (Å²) in [5.74, 6) is -0.490. The van der Waals surface area contributed by atoms with E-state index in [0.717, 1.165) is 13.0 Å². The molecule has 0 saturated carbocycles. The van der Waals surface area contributed by atoms with Crippen LogP contribution in [0.4, 0.5) is 0 Å². The van der Waals surface area contributed by atoms with E-state index in [9.17, 15) is 0 Å². The van der Waals surface area contributed by atoms with Gasteiger partial charge >= 0.3 is 0 Å². The Labute approximate surface area is 104 Å². The van der Waals surface area contributed by atoms with Crippen molar-refractivity contribution in [3.05, 3.63) is 35.9 Å². The van der Waals surface area contributed by atoms with Gasteiger partial charge < -0.3 is 9.47 Å². The van der Waals surface area contributed by atoms with Crippen molar-refractivity contribution in [1.29, 1.82) is 0 Å². The Balaban J connectivity index is 2.07. The number of hydrogen-bond donors (Lipinski definition) is 0. The summed E-state index contributed by atoms with van der Waals surface area (Å²) >= 11 is 0. The normalized spacial score (nSPS) is 32.4. The molecule has 2 heteroatoms. The third-order valence-corrected chi connectivity index (χ3v) is 3.64. The highest BCUT2D eigenvalue weighted by molar-refractivity contribution is 5.16. The van der Waals surface area contributed by atoms with Crippen LogP contribution in [0.3, 0.4) is 0 Å². The second-order valence-corrected chi connectivity index (χ2v) is 5.83. The van der Waals surface area contributed by atoms with Gasteiger partial charge in [-0.2, -0.15) is 0 Å². The maximum absolute atomic E-state index is 6.07. The first kappa shape index (κ1) is 12.6. The van der Waals surface area contributed by atoms with E-state index < -0.39 is 5.79 Å². The topological polar surface area (TPSA) is 18.5 Å². The summed E-state index contributed by atoms with van der Waals surface area (Å²) in [4.78, 5) is 0. The molecule has 0 unspecified atom stereocenters. The lowest BCUT2D eigenvalue weighted by molar-refractivity contribution is -0.315. The van der Waals surface area contributed by atoms with Crippen LogP contribution in [-0.4, -0.2) is 18.5 Å². The monoisotopic (exact) mass is 234 g/mol. The molecule has 1 aliphatic rings. The van der Waals surface area contributed by atoms with E-state index >= 15 is 0 Å². The molecule has 0 bridgehead atoms. The molecule has 2 rings (SSSR count). The number of hydrogen-bond acceptors (Lipinski definition) is 2. The molecule has 1 aromatic carbocycles. The van der Waals surface area contributed by atoms with Crippen LogP contribution >= 0.6 is 0 Å². The van der Waals surface area contributed by atoms with Gasteiger partial charge in [0.05, 0.1) is 12.7 Å². The third-order valence-electron chi connectivity index (χ3n) is 3.64. The fourth-order valence-corrected chi connectivity index (χ4v) is 2.08. The molecular formula is C15H22O2. The van der Waals surface area contributed by atoms with E-state index in [-0.39, 0.29) is 11.5 Å². The van der Waals surface area contributed by atoms with Crippen LogP contribution in [0.1, 0.15) is 33.3 Å². The molecule has 0 N–H and O–H groups in total. The lowest BCUT2D eigenvalue weighted by atomic mass is 9.86. The van der Waals surface area contributed by atoms with Crippen molar-refractivity contribution in [2.24, 2.45) is 5.41 Å². The first-order valence-corrected chi connectivity index (χ1v) is 6.27. The van der Waals surface area contributed by atoms with Crippen molar-refractivity contribution in [1.82, 2.24) is 0 Å². The molecule has 1 aliphatic heterocycles. The molecule has 0 aliphatic carbocycles. The molecule has 2 nitrogen and oxygen atoms in total. The Hall–Kier alpha value is -0.860. The van der Waals surface area contributed by atoms with Gasteiger partial charge in [0.15, 0.2) is 5.79 Å². The van der Waals surface area contributed by atoms with Crippen molar-refractivity contribution in [2.45, 2.75) is 46.0 Å². The molecule has 2 atom stereocenters. The lowest BCUT2D eigenvalue weighted by Crippen LogP contribution is -2.51. The summed E-state index contributed by atoms with van der Waals surface area (Å²) in [6.45, 7) is 9.27. The third kappa shape index (κ3) is 2.88. The second kappa shape index (κ2) is 4.43. The predicted octanol–water partition coefficient (Wildman–Crippen LogP) is 3.41. The van der Waals surface area contributed by atoms with Crippen LogP contribution in [0.15, 0.2) is 30.3 Å². The van der Waals surface area contributed by atoms with E-state index in [0.29, 0.717) is 0 Å². The van der Waals surface area contributed by atoms with Gasteiger partial charge in [0, 0.05) is 11.8 Å². The summed E-state index contributed by atoms with van der Waals surface area (Å²) < 4.78 is 12.0. The smallest absolute Gasteiger partial charge is 0.169 e. The highest BCUT2D eigenvalue weighted by Crippen LogP contribution is 2.36. The van der Waals surface area contributed by atoms with E-state index in [2.05, 4.69) is 45.0 Å².